The van der Waals surface area contributed by atoms with Gasteiger partial charge in [0.15, 0.2) is 5.96 Å². The van der Waals surface area contributed by atoms with Gasteiger partial charge in [0.2, 0.25) is 5.91 Å². The first kappa shape index (κ1) is 21.2. The molecule has 0 unspecified atom stereocenters. The van der Waals surface area contributed by atoms with Gasteiger partial charge in [-0.1, -0.05) is 25.0 Å². The third kappa shape index (κ3) is 7.29. The standard InChI is InChI=1S/C17H25N5O2.HI/c1-19-17(22-14-4-2-3-5-14)21-10-12-6-8-13(9-7-12)16(24)20-11-15(18)23;/h6-9,14H,2-5,10-11H2,1H3,(H2,18,23)(H,20,24)(H2,19,21,22);1H. The number of nitrogens with zero attached hydrogens (tertiary/aromatic N) is 1. The highest BCUT2D eigenvalue weighted by Crippen LogP contribution is 2.17. The fraction of sp³-hybridized carbons (Fsp3) is 0.471. The van der Waals surface area contributed by atoms with Crippen molar-refractivity contribution >= 4 is 41.8 Å². The van der Waals surface area contributed by atoms with E-state index in [1.807, 2.05) is 12.1 Å². The maximum absolute atomic E-state index is 11.8. The minimum Gasteiger partial charge on any atom is -0.368 e. The molecule has 0 heterocycles. The molecule has 25 heavy (non-hydrogen) atoms. The monoisotopic (exact) mass is 459 g/mol. The van der Waals surface area contributed by atoms with Crippen LogP contribution in [0.4, 0.5) is 0 Å². The molecule has 5 N–H and O–H groups in total. The van der Waals surface area contributed by atoms with Crippen LogP contribution < -0.4 is 21.7 Å². The number of guanidine groups is 1. The summed E-state index contributed by atoms with van der Waals surface area (Å²) in [6.45, 7) is 0.459. The van der Waals surface area contributed by atoms with Crippen molar-refractivity contribution in [3.05, 3.63) is 35.4 Å². The topological polar surface area (TPSA) is 109 Å². The molecular weight excluding hydrogens is 433 g/mol. The Labute approximate surface area is 165 Å². The van der Waals surface area contributed by atoms with Gasteiger partial charge in [0.05, 0.1) is 6.54 Å². The van der Waals surface area contributed by atoms with Crippen LogP contribution in [0.2, 0.25) is 0 Å². The van der Waals surface area contributed by atoms with E-state index in [4.69, 9.17) is 5.73 Å². The summed E-state index contributed by atoms with van der Waals surface area (Å²) in [6.07, 6.45) is 4.92. The van der Waals surface area contributed by atoms with Gasteiger partial charge < -0.3 is 21.7 Å². The number of hydrogen-bond acceptors (Lipinski definition) is 3. The highest BCUT2D eigenvalue weighted by molar-refractivity contribution is 14.0. The molecule has 1 fully saturated rings. The molecule has 8 heteroatoms. The number of amides is 2. The van der Waals surface area contributed by atoms with E-state index >= 15 is 0 Å². The molecule has 0 radical (unpaired) electrons. The van der Waals surface area contributed by atoms with Crippen LogP contribution in [0.15, 0.2) is 29.3 Å². The molecule has 0 atom stereocenters. The molecule has 1 saturated carbocycles. The molecule has 7 nitrogen and oxygen atoms in total. The van der Waals surface area contributed by atoms with Crippen molar-refractivity contribution in [3.8, 4) is 0 Å². The van der Waals surface area contributed by atoms with Gasteiger partial charge in [-0.25, -0.2) is 0 Å². The van der Waals surface area contributed by atoms with Gasteiger partial charge in [-0.3, -0.25) is 14.6 Å². The van der Waals surface area contributed by atoms with Crippen LogP contribution >= 0.6 is 24.0 Å². The number of halogens is 1. The van der Waals surface area contributed by atoms with Crippen LogP contribution in [0.1, 0.15) is 41.6 Å². The first-order valence-corrected chi connectivity index (χ1v) is 8.21. The number of nitrogens with two attached hydrogens (primary N) is 1. The fourth-order valence-corrected chi connectivity index (χ4v) is 2.69. The zero-order valence-corrected chi connectivity index (χ0v) is 16.7. The summed E-state index contributed by atoms with van der Waals surface area (Å²) in [5.41, 5.74) is 6.53. The van der Waals surface area contributed by atoms with Crippen LogP contribution in [-0.2, 0) is 11.3 Å². The first-order chi connectivity index (χ1) is 11.6. The molecule has 0 spiro atoms. The molecule has 1 aliphatic carbocycles. The number of rotatable bonds is 6. The molecule has 2 rings (SSSR count). The van der Waals surface area contributed by atoms with Crippen LogP contribution in [0.25, 0.3) is 0 Å². The quantitative estimate of drug-likeness (QED) is 0.291. The van der Waals surface area contributed by atoms with E-state index in [-0.39, 0.29) is 36.4 Å². The molecule has 1 aromatic carbocycles. The molecule has 0 saturated heterocycles. The van der Waals surface area contributed by atoms with E-state index in [0.29, 0.717) is 18.2 Å². The maximum Gasteiger partial charge on any atom is 0.251 e. The molecule has 1 aliphatic rings. The summed E-state index contributed by atoms with van der Waals surface area (Å²) >= 11 is 0. The lowest BCUT2D eigenvalue weighted by Gasteiger charge is -2.17. The lowest BCUT2D eigenvalue weighted by atomic mass is 10.1. The van der Waals surface area contributed by atoms with Crippen molar-refractivity contribution in [1.82, 2.24) is 16.0 Å². The van der Waals surface area contributed by atoms with Gasteiger partial charge in [-0.2, -0.15) is 0 Å². The van der Waals surface area contributed by atoms with Crippen LogP contribution in [0.5, 0.6) is 0 Å². The number of nitrogens with one attached hydrogen (secondary N) is 3. The van der Waals surface area contributed by atoms with E-state index in [1.54, 1.807) is 19.2 Å². The Bertz CT molecular complexity index is 598. The van der Waals surface area contributed by atoms with E-state index in [1.165, 1.54) is 25.7 Å². The number of primary amides is 1. The second-order valence-corrected chi connectivity index (χ2v) is 5.90. The van der Waals surface area contributed by atoms with E-state index in [0.717, 1.165) is 11.5 Å². The zero-order chi connectivity index (χ0) is 17.4. The largest absolute Gasteiger partial charge is 0.368 e. The van der Waals surface area contributed by atoms with E-state index in [9.17, 15) is 9.59 Å². The minimum absolute atomic E-state index is 0. The number of aliphatic imine (C=N–C) groups is 1. The van der Waals surface area contributed by atoms with Crippen LogP contribution in [0, 0.1) is 0 Å². The lowest BCUT2D eigenvalue weighted by molar-refractivity contribution is -0.117. The zero-order valence-electron chi connectivity index (χ0n) is 14.4. The third-order valence-corrected chi connectivity index (χ3v) is 4.02. The van der Waals surface area contributed by atoms with Crippen molar-refractivity contribution in [2.45, 2.75) is 38.3 Å². The summed E-state index contributed by atoms with van der Waals surface area (Å²) in [5, 5.41) is 9.16. The SMILES string of the molecule is CN=C(NCc1ccc(C(=O)NCC(N)=O)cc1)NC1CCCC1.I. The molecule has 0 aromatic heterocycles. The predicted octanol–water partition coefficient (Wildman–Crippen LogP) is 1.13. The van der Waals surface area contributed by atoms with Crippen molar-refractivity contribution < 1.29 is 9.59 Å². The Hall–Kier alpha value is -1.84. The summed E-state index contributed by atoms with van der Waals surface area (Å²) in [5.74, 6) is -0.0810. The number of benzene rings is 1. The Morgan fingerprint density at radius 1 is 1.16 bits per heavy atom. The summed E-state index contributed by atoms with van der Waals surface area (Å²) in [4.78, 5) is 26.7. The van der Waals surface area contributed by atoms with Crippen molar-refractivity contribution in [2.24, 2.45) is 10.7 Å². The Morgan fingerprint density at radius 2 is 1.80 bits per heavy atom. The summed E-state index contributed by atoms with van der Waals surface area (Å²) in [7, 11) is 1.76. The van der Waals surface area contributed by atoms with E-state index < -0.39 is 5.91 Å². The van der Waals surface area contributed by atoms with E-state index in [2.05, 4.69) is 20.9 Å². The highest BCUT2D eigenvalue weighted by atomic mass is 127. The number of carbonyl (C=O) groups excluding carboxylic acids is 2. The second-order valence-electron chi connectivity index (χ2n) is 5.90. The van der Waals surface area contributed by atoms with Gasteiger partial charge in [-0.05, 0) is 30.5 Å². The van der Waals surface area contributed by atoms with Gasteiger partial charge >= 0.3 is 0 Å². The summed E-state index contributed by atoms with van der Waals surface area (Å²) in [6, 6.07) is 7.69. The molecule has 2 amide bonds. The average molecular weight is 459 g/mol. The number of hydrogen-bond donors (Lipinski definition) is 4. The minimum atomic E-state index is -0.565. The maximum atomic E-state index is 11.8. The second kappa shape index (κ2) is 10.9. The van der Waals surface area contributed by atoms with Crippen LogP contribution in [0.3, 0.4) is 0 Å². The van der Waals surface area contributed by atoms with Crippen molar-refractivity contribution in [1.29, 1.82) is 0 Å². The Kier molecular flexibility index (Phi) is 9.25. The third-order valence-electron chi connectivity index (χ3n) is 4.02. The molecule has 0 bridgehead atoms. The van der Waals surface area contributed by atoms with Crippen molar-refractivity contribution in [3.63, 3.8) is 0 Å². The van der Waals surface area contributed by atoms with Crippen molar-refractivity contribution in [2.75, 3.05) is 13.6 Å². The smallest absolute Gasteiger partial charge is 0.251 e. The Morgan fingerprint density at radius 3 is 2.36 bits per heavy atom. The highest BCUT2D eigenvalue weighted by Gasteiger charge is 2.15. The normalized spacial score (nSPS) is 14.5. The molecule has 1 aromatic rings. The van der Waals surface area contributed by atoms with Crippen LogP contribution in [-0.4, -0.2) is 37.4 Å². The Balaban J connectivity index is 0.00000312. The number of carbonyl (C=O) groups is 2. The molecular formula is C17H26IN5O2. The average Bonchev–Trinajstić information content (AvgIpc) is 3.10. The summed E-state index contributed by atoms with van der Waals surface area (Å²) < 4.78 is 0. The molecule has 0 aliphatic heterocycles. The fourth-order valence-electron chi connectivity index (χ4n) is 2.69. The lowest BCUT2D eigenvalue weighted by Crippen LogP contribution is -2.41. The van der Waals surface area contributed by atoms with Gasteiger partial charge in [-0.15, -0.1) is 24.0 Å². The molecule has 138 valence electrons. The predicted molar refractivity (Wildman–Crippen MR) is 109 cm³/mol. The van der Waals surface area contributed by atoms with Gasteiger partial charge in [0.25, 0.3) is 5.91 Å². The first-order valence-electron chi connectivity index (χ1n) is 8.21. The van der Waals surface area contributed by atoms with Gasteiger partial charge in [0.1, 0.15) is 0 Å². The van der Waals surface area contributed by atoms with Gasteiger partial charge in [0, 0.05) is 25.2 Å².